The highest BCUT2D eigenvalue weighted by Crippen LogP contribution is 2.47. The van der Waals surface area contributed by atoms with Gasteiger partial charge in [0.15, 0.2) is 0 Å². The Labute approximate surface area is 574 Å². The minimum absolute atomic E-state index is 0. The number of carboxylic acids is 2. The summed E-state index contributed by atoms with van der Waals surface area (Å²) in [6.45, 7) is 9.89. The summed E-state index contributed by atoms with van der Waals surface area (Å²) in [6, 6.07) is 10.5. The second kappa shape index (κ2) is 39.2. The zero-order valence-electron chi connectivity index (χ0n) is 50.4. The zero-order chi connectivity index (χ0) is 58.6. The summed E-state index contributed by atoms with van der Waals surface area (Å²) in [5.41, 5.74) is 0. The van der Waals surface area contributed by atoms with Crippen LogP contribution in [0, 0.1) is 63.6 Å². The van der Waals surface area contributed by atoms with Gasteiger partial charge in [0.1, 0.15) is 4.75 Å². The molecule has 0 amide bonds. The number of aliphatic carboxylic acids is 2. The van der Waals surface area contributed by atoms with Crippen LogP contribution in [-0.2, 0) is 47.5 Å². The van der Waals surface area contributed by atoms with Gasteiger partial charge in [-0.2, -0.15) is 68.0 Å². The fraction of sp³-hybridized carbons (Fsp3) is 0.800. The number of nitrogens with zero attached hydrogens (tertiary/aromatic N) is 3. The van der Waals surface area contributed by atoms with Gasteiger partial charge in [0.05, 0.1) is 146 Å². The third-order valence-electron chi connectivity index (χ3n) is 19.4. The van der Waals surface area contributed by atoms with Crippen molar-refractivity contribution in [2.45, 2.75) is 290 Å². The number of carbonyl (C=O) groups is 2. The van der Waals surface area contributed by atoms with Crippen molar-refractivity contribution in [1.82, 2.24) is 5.32 Å². The molecule has 0 radical (unpaired) electrons. The van der Waals surface area contributed by atoms with Crippen LogP contribution in [0.4, 0.5) is 0 Å². The van der Waals surface area contributed by atoms with Crippen LogP contribution >= 0.6 is 88.6 Å². The fourth-order valence-corrected chi connectivity index (χ4v) is 15.6. The maximum atomic E-state index is 10.8. The van der Waals surface area contributed by atoms with E-state index in [9.17, 15) is 9.59 Å². The Kier molecular flexibility index (Phi) is 36.7. The number of hydrogen-bond donors (Lipinski definition) is 5. The monoisotopic (exact) mass is 1440 g/mol. The third-order valence-corrected chi connectivity index (χ3v) is 20.5. The minimum atomic E-state index is -0.900. The van der Waals surface area contributed by atoms with Gasteiger partial charge >= 0.3 is 11.9 Å². The summed E-state index contributed by atoms with van der Waals surface area (Å²) < 4.78 is 47.8. The van der Waals surface area contributed by atoms with Gasteiger partial charge in [-0.1, -0.05) is 47.4 Å². The summed E-state index contributed by atoms with van der Waals surface area (Å²) in [7, 11) is 2.02. The largest absolute Gasteiger partial charge is 0.481 e. The molecule has 0 aliphatic carbocycles. The Hall–Kier alpha value is -1.77. The molecular formula is C65H106ClIN4O13S4. The maximum absolute atomic E-state index is 10.8. The normalized spacial score (nSPS) is 41.5. The van der Waals surface area contributed by atoms with E-state index in [0.29, 0.717) is 73.5 Å². The van der Waals surface area contributed by atoms with Gasteiger partial charge in [0, 0.05) is 23.3 Å². The highest BCUT2D eigenvalue weighted by molar-refractivity contribution is 14.0. The molecule has 23 heteroatoms. The van der Waals surface area contributed by atoms with Crippen molar-refractivity contribution in [2.75, 3.05) is 7.05 Å². The van der Waals surface area contributed by atoms with Crippen molar-refractivity contribution in [2.24, 2.45) is 29.6 Å². The van der Waals surface area contributed by atoms with E-state index < -0.39 is 16.7 Å². The molecule has 16 bridgehead atoms. The minimum Gasteiger partial charge on any atom is -0.481 e. The molecule has 24 atom stereocenters. The number of likely N-dealkylation sites (N-methyl/N-ethyl adjacent to an activating group) is 1. The predicted octanol–water partition coefficient (Wildman–Crippen LogP) is 13.1. The van der Waals surface area contributed by atoms with Gasteiger partial charge in [-0.25, -0.2) is 0 Å². The van der Waals surface area contributed by atoms with Gasteiger partial charge in [-0.3, -0.25) is 9.59 Å². The van der Waals surface area contributed by atoms with Crippen molar-refractivity contribution in [3.8, 4) is 18.2 Å². The first-order chi connectivity index (χ1) is 39.4. The number of ether oxygens (including phenoxy) is 8. The van der Waals surface area contributed by atoms with Crippen molar-refractivity contribution in [3.63, 3.8) is 0 Å². The summed E-state index contributed by atoms with van der Waals surface area (Å²) >= 11 is 8.69. The number of rotatable bonds is 3. The van der Waals surface area contributed by atoms with Crippen LogP contribution in [0.25, 0.3) is 0 Å². The van der Waals surface area contributed by atoms with Crippen molar-refractivity contribution >= 4 is 101 Å². The van der Waals surface area contributed by atoms with Crippen LogP contribution in [-0.4, -0.2) is 142 Å². The van der Waals surface area contributed by atoms with Gasteiger partial charge in [-0.05, 0) is 173 Å². The van der Waals surface area contributed by atoms with Crippen molar-refractivity contribution < 1.29 is 62.1 Å². The van der Waals surface area contributed by atoms with Crippen LogP contribution in [0.1, 0.15) is 177 Å². The molecule has 15 saturated heterocycles. The molecule has 16 aliphatic heterocycles. The first-order valence-electron chi connectivity index (χ1n) is 30.7. The molecule has 17 nitrogen and oxygen atoms in total. The van der Waals surface area contributed by atoms with E-state index in [0.717, 1.165) is 69.6 Å². The van der Waals surface area contributed by atoms with Crippen LogP contribution in [0.5, 0.6) is 0 Å². The van der Waals surface area contributed by atoms with Crippen molar-refractivity contribution in [1.29, 1.82) is 15.8 Å². The SMILES string of the molecule is C.C.C=CC#N.CC1(S)CC2CCC1O2.CC1CC2CCC1O2.CC1CC2CCC1O2.CNC1CC2CCC1O2.Cl.I.N#CC1CC2C=CC1O2.N#CC1CC2CCC1O2.O=C(O)C1(S)CC2CCC1O2.O=C(O)C1CC2CCC1O2.S.S.c1ccoc1. The first kappa shape index (κ1) is 82.3. The molecule has 3 N–H and O–H groups in total. The second-order valence-corrected chi connectivity index (χ2v) is 27.2. The lowest BCUT2D eigenvalue weighted by atomic mass is 9.88. The average molecular weight is 1440 g/mol. The molecule has 0 aromatic carbocycles. The molecule has 16 aliphatic rings. The Morgan fingerprint density at radius 3 is 1.23 bits per heavy atom. The number of thiol groups is 2. The molecule has 1 aromatic rings. The fourth-order valence-electron chi connectivity index (χ4n) is 14.8. The highest BCUT2D eigenvalue weighted by Gasteiger charge is 2.55. The molecule has 1 aromatic heterocycles. The summed E-state index contributed by atoms with van der Waals surface area (Å²) in [4.78, 5) is 21.3. The highest BCUT2D eigenvalue weighted by atomic mass is 127. The Balaban J connectivity index is 0.000000333. The molecule has 17 rings (SSSR count). The zero-order valence-corrected chi connectivity index (χ0v) is 57.4. The lowest BCUT2D eigenvalue weighted by molar-refractivity contribution is -0.143. The number of allylic oxidation sites excluding steroid dienone is 1. The Morgan fingerprint density at radius 1 is 0.591 bits per heavy atom. The lowest BCUT2D eigenvalue weighted by Crippen LogP contribution is -2.41. The number of halogens is 2. The van der Waals surface area contributed by atoms with E-state index in [1.54, 1.807) is 18.6 Å². The molecule has 0 spiro atoms. The van der Waals surface area contributed by atoms with Crippen LogP contribution in [0.3, 0.4) is 0 Å². The van der Waals surface area contributed by atoms with Gasteiger partial charge < -0.3 is 57.8 Å². The number of carboxylic acid groups (broad SMARTS) is 2. The van der Waals surface area contributed by atoms with E-state index in [1.165, 1.54) is 83.1 Å². The number of fused-ring (bicyclic) bond motifs is 16. The third kappa shape index (κ3) is 22.2. The van der Waals surface area contributed by atoms with E-state index >= 15 is 0 Å². The van der Waals surface area contributed by atoms with Gasteiger partial charge in [0.2, 0.25) is 0 Å². The standard InChI is InChI=1S/C7H13NO.C7H9NO.C7H7NO.C7H10O3S.C7H10O3.C7H12OS.2C7H12O.C4H4O.C3H3N.2CH4.ClH.HI.2H2S/c1-8-6-4-5-2-3-7(6)9-5;2*8-4-5-3-6-1-2-7(5)9-6;8-6(9)7(11)3-4-1-2-5(7)10-4;8-7(9)5-3-4-1-2-6(5)10-4;1-7(9)4-5-2-3-6(7)8-5;2*1-5-4-6-2-3-7(5)8-6;1-2-4-5-3-1;1-2-3-4;;;;;;/h5-8H,2-4H2,1H3;5-7H,1-3H2;1-2,5-7H,3H2;4-5,11H,1-3H2,(H,8,9);4-6H,1-3H2,(H,8,9);5-6,9H,2-4H2,1H3;2*5-7H,2-4H2,1H3;1-4H;2H,1H2;2*1H4;2*1H;2*1H2. The van der Waals surface area contributed by atoms with E-state index in [-0.39, 0.29) is 137 Å². The van der Waals surface area contributed by atoms with Crippen LogP contribution in [0.2, 0.25) is 0 Å². The predicted molar refractivity (Wildman–Crippen MR) is 369 cm³/mol. The maximum Gasteiger partial charge on any atom is 0.322 e. The molecule has 24 unspecified atom stereocenters. The average Bonchev–Trinajstić information content (AvgIpc) is 1.77. The number of hydrogen-bond acceptors (Lipinski definition) is 17. The van der Waals surface area contributed by atoms with Gasteiger partial charge in [-0.15, -0.1) is 36.4 Å². The van der Waals surface area contributed by atoms with Crippen molar-refractivity contribution in [3.05, 3.63) is 49.5 Å². The number of furan rings is 1. The van der Waals surface area contributed by atoms with Crippen LogP contribution < -0.4 is 5.32 Å². The lowest BCUT2D eigenvalue weighted by Gasteiger charge is -2.24. The Bertz CT molecular complexity index is 2340. The molecule has 17 heterocycles. The van der Waals surface area contributed by atoms with E-state index in [1.807, 2.05) is 31.3 Å². The smallest absolute Gasteiger partial charge is 0.322 e. The summed E-state index contributed by atoms with van der Waals surface area (Å²) in [5.74, 6) is 0.310. The molecular weight excluding hydrogens is 1340 g/mol. The van der Waals surface area contributed by atoms with E-state index in [4.69, 9.17) is 63.9 Å². The second-order valence-electron chi connectivity index (χ2n) is 25.3. The number of nitrogens with one attached hydrogen (secondary N) is 1. The van der Waals surface area contributed by atoms with Gasteiger partial charge in [0.25, 0.3) is 0 Å². The Morgan fingerprint density at radius 2 is 1.05 bits per heavy atom. The summed E-state index contributed by atoms with van der Waals surface area (Å²) in [5, 5.41) is 45.4. The van der Waals surface area contributed by atoms with E-state index in [2.05, 4.69) is 74.5 Å². The topological polar surface area (TPSA) is 245 Å². The summed E-state index contributed by atoms with van der Waals surface area (Å²) in [6.07, 6.45) is 39.3. The molecule has 15 fully saturated rings. The molecule has 502 valence electrons. The van der Waals surface area contributed by atoms with Crippen LogP contribution in [0.15, 0.2) is 53.9 Å². The molecule has 88 heavy (non-hydrogen) atoms. The first-order valence-corrected chi connectivity index (χ1v) is 31.6. The quantitative estimate of drug-likeness (QED) is 0.0817. The number of nitriles is 3. The molecule has 0 saturated carbocycles.